The molecule has 0 aliphatic carbocycles. The zero-order valence-corrected chi connectivity index (χ0v) is 10.8. The highest BCUT2D eigenvalue weighted by molar-refractivity contribution is 7.89. The highest BCUT2D eigenvalue weighted by Gasteiger charge is 2.13. The monoisotopic (exact) mass is 262 g/mol. The molecule has 0 bridgehead atoms. The van der Waals surface area contributed by atoms with E-state index in [4.69, 9.17) is 14.3 Å². The first kappa shape index (κ1) is 14.2. The fraction of sp³-hybridized carbons (Fsp3) is 0.600. The lowest BCUT2D eigenvalue weighted by Crippen LogP contribution is -2.29. The summed E-state index contributed by atoms with van der Waals surface area (Å²) < 4.78 is 32.3. The van der Waals surface area contributed by atoms with Crippen LogP contribution >= 0.6 is 0 Å². The minimum absolute atomic E-state index is 0.165. The first-order chi connectivity index (χ1) is 7.93. The molecule has 6 nitrogen and oxygen atoms in total. The highest BCUT2D eigenvalue weighted by atomic mass is 32.2. The fourth-order valence-corrected chi connectivity index (χ4v) is 1.72. The molecular weight excluding hydrogens is 244 g/mol. The number of nitrogens with one attached hydrogen (secondary N) is 1. The van der Waals surface area contributed by atoms with Crippen LogP contribution in [0.5, 0.6) is 0 Å². The molecule has 0 amide bonds. The van der Waals surface area contributed by atoms with Crippen molar-refractivity contribution in [1.82, 2.24) is 5.32 Å². The predicted molar refractivity (Wildman–Crippen MR) is 62.9 cm³/mol. The lowest BCUT2D eigenvalue weighted by molar-refractivity contribution is 0.126. The van der Waals surface area contributed by atoms with Crippen LogP contribution < -0.4 is 10.5 Å². The molecule has 0 fully saturated rings. The van der Waals surface area contributed by atoms with Gasteiger partial charge in [0.1, 0.15) is 5.76 Å². The maximum Gasteiger partial charge on any atom is 0.271 e. The summed E-state index contributed by atoms with van der Waals surface area (Å²) in [5.74, 6) is 0.525. The molecule has 0 spiro atoms. The van der Waals surface area contributed by atoms with Gasteiger partial charge >= 0.3 is 0 Å². The van der Waals surface area contributed by atoms with Gasteiger partial charge in [-0.2, -0.15) is 0 Å². The molecule has 0 saturated carbocycles. The number of hydrogen-bond acceptors (Lipinski definition) is 5. The van der Waals surface area contributed by atoms with E-state index in [2.05, 4.69) is 5.32 Å². The first-order valence-corrected chi connectivity index (χ1v) is 6.90. The lowest BCUT2D eigenvalue weighted by atomic mass is 10.3. The molecule has 17 heavy (non-hydrogen) atoms. The Morgan fingerprint density at radius 1 is 1.53 bits per heavy atom. The number of ether oxygens (including phenoxy) is 1. The maximum atomic E-state index is 11.0. The van der Waals surface area contributed by atoms with E-state index in [1.54, 1.807) is 6.07 Å². The Morgan fingerprint density at radius 3 is 2.76 bits per heavy atom. The quantitative estimate of drug-likeness (QED) is 0.743. The van der Waals surface area contributed by atoms with Crippen molar-refractivity contribution in [2.24, 2.45) is 5.14 Å². The second-order valence-electron chi connectivity index (χ2n) is 3.71. The average Bonchev–Trinajstić information content (AvgIpc) is 2.71. The third-order valence-corrected chi connectivity index (χ3v) is 2.89. The molecule has 1 atom stereocenters. The van der Waals surface area contributed by atoms with Gasteiger partial charge < -0.3 is 14.5 Å². The normalized spacial score (nSPS) is 13.8. The maximum absolute atomic E-state index is 11.0. The molecule has 1 unspecified atom stereocenters. The molecule has 0 aromatic carbocycles. The van der Waals surface area contributed by atoms with E-state index in [0.717, 1.165) is 0 Å². The number of hydrogen-bond donors (Lipinski definition) is 2. The molecule has 1 aromatic heterocycles. The summed E-state index contributed by atoms with van der Waals surface area (Å²) in [5.41, 5.74) is 0. The van der Waals surface area contributed by atoms with E-state index >= 15 is 0 Å². The minimum atomic E-state index is -3.75. The zero-order chi connectivity index (χ0) is 12.9. The van der Waals surface area contributed by atoms with Gasteiger partial charge in [0.25, 0.3) is 10.0 Å². The van der Waals surface area contributed by atoms with Crippen LogP contribution in [0.1, 0.15) is 19.6 Å². The topological polar surface area (TPSA) is 94.6 Å². The largest absolute Gasteiger partial charge is 0.447 e. The number of rotatable bonds is 7. The molecule has 0 aliphatic heterocycles. The van der Waals surface area contributed by atoms with Crippen molar-refractivity contribution in [1.29, 1.82) is 0 Å². The van der Waals surface area contributed by atoms with Crippen molar-refractivity contribution in [3.63, 3.8) is 0 Å². The molecule has 1 heterocycles. The van der Waals surface area contributed by atoms with Crippen LogP contribution in [0.15, 0.2) is 21.6 Å². The van der Waals surface area contributed by atoms with Crippen molar-refractivity contribution in [2.45, 2.75) is 31.5 Å². The lowest BCUT2D eigenvalue weighted by Gasteiger charge is -2.12. The third-order valence-electron chi connectivity index (χ3n) is 2.11. The van der Waals surface area contributed by atoms with Gasteiger partial charge in [-0.05, 0) is 26.0 Å². The van der Waals surface area contributed by atoms with Gasteiger partial charge in [0, 0.05) is 12.6 Å². The van der Waals surface area contributed by atoms with E-state index in [1.807, 2.05) is 13.8 Å². The van der Waals surface area contributed by atoms with E-state index in [-0.39, 0.29) is 11.1 Å². The Balaban J connectivity index is 2.45. The van der Waals surface area contributed by atoms with Gasteiger partial charge in [0.05, 0.1) is 13.2 Å². The molecule has 0 radical (unpaired) electrons. The second kappa shape index (κ2) is 6.15. The standard InChI is InChI=1S/C10H18N2O4S/c1-3-15-7-8(2)12-6-9-4-5-10(16-9)17(11,13)14/h4-5,8,12H,3,6-7H2,1-2H3,(H2,11,13,14). The third kappa shape index (κ3) is 4.86. The van der Waals surface area contributed by atoms with E-state index in [9.17, 15) is 8.42 Å². The van der Waals surface area contributed by atoms with Gasteiger partial charge in [-0.1, -0.05) is 0 Å². The molecule has 1 aromatic rings. The van der Waals surface area contributed by atoms with Crippen molar-refractivity contribution in [2.75, 3.05) is 13.2 Å². The van der Waals surface area contributed by atoms with Crippen molar-refractivity contribution in [3.05, 3.63) is 17.9 Å². The molecule has 7 heteroatoms. The number of primary sulfonamides is 1. The van der Waals surface area contributed by atoms with Gasteiger partial charge in [-0.25, -0.2) is 13.6 Å². The summed E-state index contributed by atoms with van der Waals surface area (Å²) in [5, 5.41) is 7.86. The summed E-state index contributed by atoms with van der Waals surface area (Å²) in [6.07, 6.45) is 0. The van der Waals surface area contributed by atoms with Gasteiger partial charge in [0.2, 0.25) is 5.09 Å². The number of furan rings is 1. The van der Waals surface area contributed by atoms with E-state index in [0.29, 0.717) is 25.5 Å². The molecule has 1 rings (SSSR count). The zero-order valence-electron chi connectivity index (χ0n) is 9.97. The summed E-state index contributed by atoms with van der Waals surface area (Å²) in [7, 11) is -3.75. The Morgan fingerprint density at radius 2 is 2.24 bits per heavy atom. The molecule has 0 saturated heterocycles. The van der Waals surface area contributed by atoms with Crippen LogP contribution in [0.25, 0.3) is 0 Å². The average molecular weight is 262 g/mol. The first-order valence-electron chi connectivity index (χ1n) is 5.36. The second-order valence-corrected chi connectivity index (χ2v) is 5.20. The van der Waals surface area contributed by atoms with Crippen LogP contribution in [-0.4, -0.2) is 27.7 Å². The smallest absolute Gasteiger partial charge is 0.271 e. The Bertz CT molecular complexity index is 441. The van der Waals surface area contributed by atoms with Crippen LogP contribution in [0.4, 0.5) is 0 Å². The van der Waals surface area contributed by atoms with Crippen molar-refractivity contribution in [3.8, 4) is 0 Å². The molecule has 0 aliphatic rings. The number of nitrogens with two attached hydrogens (primary N) is 1. The van der Waals surface area contributed by atoms with Gasteiger partial charge in [0.15, 0.2) is 0 Å². The van der Waals surface area contributed by atoms with Crippen LogP contribution in [-0.2, 0) is 21.3 Å². The van der Waals surface area contributed by atoms with Crippen LogP contribution in [0.3, 0.4) is 0 Å². The van der Waals surface area contributed by atoms with Crippen LogP contribution in [0.2, 0.25) is 0 Å². The number of sulfonamides is 1. The highest BCUT2D eigenvalue weighted by Crippen LogP contribution is 2.11. The molecule has 98 valence electrons. The fourth-order valence-electron chi connectivity index (χ4n) is 1.23. The minimum Gasteiger partial charge on any atom is -0.447 e. The van der Waals surface area contributed by atoms with E-state index < -0.39 is 10.0 Å². The Labute approximate surface area is 101 Å². The van der Waals surface area contributed by atoms with Crippen LogP contribution in [0, 0.1) is 0 Å². The predicted octanol–water partition coefficient (Wildman–Crippen LogP) is 0.442. The summed E-state index contributed by atoms with van der Waals surface area (Å²) in [6.45, 7) is 5.60. The SMILES string of the molecule is CCOCC(C)NCc1ccc(S(N)(=O)=O)o1. The summed E-state index contributed by atoms with van der Waals surface area (Å²) in [4.78, 5) is 0. The van der Waals surface area contributed by atoms with Crippen molar-refractivity contribution >= 4 is 10.0 Å². The molecule has 3 N–H and O–H groups in total. The molecular formula is C10H18N2O4S. The van der Waals surface area contributed by atoms with Crippen molar-refractivity contribution < 1.29 is 17.6 Å². The summed E-state index contributed by atoms with van der Waals surface area (Å²) in [6, 6.07) is 3.10. The van der Waals surface area contributed by atoms with Gasteiger partial charge in [-0.15, -0.1) is 0 Å². The van der Waals surface area contributed by atoms with E-state index in [1.165, 1.54) is 6.07 Å². The summed E-state index contributed by atoms with van der Waals surface area (Å²) >= 11 is 0. The Hall–Kier alpha value is -0.890. The van der Waals surface area contributed by atoms with Gasteiger partial charge in [-0.3, -0.25) is 0 Å². The Kier molecular flexibility index (Phi) is 5.13.